The van der Waals surface area contributed by atoms with E-state index in [4.69, 9.17) is 4.74 Å². The second-order valence-corrected chi connectivity index (χ2v) is 5.66. The van der Waals surface area contributed by atoms with E-state index in [2.05, 4.69) is 10.1 Å². The Morgan fingerprint density at radius 2 is 2.47 bits per heavy atom. The first-order valence-corrected chi connectivity index (χ1v) is 7.16. The summed E-state index contributed by atoms with van der Waals surface area (Å²) >= 11 is 1.66. The molecule has 0 aliphatic heterocycles. The number of aryl methyl sites for hydroxylation is 2. The first kappa shape index (κ1) is 12.3. The van der Waals surface area contributed by atoms with Crippen molar-refractivity contribution in [2.24, 2.45) is 7.05 Å². The Labute approximate surface area is 115 Å². The summed E-state index contributed by atoms with van der Waals surface area (Å²) in [7, 11) is 1.88. The molecule has 0 saturated carbocycles. The van der Waals surface area contributed by atoms with Gasteiger partial charge < -0.3 is 4.74 Å². The Morgan fingerprint density at radius 3 is 3.16 bits per heavy atom. The van der Waals surface area contributed by atoms with Gasteiger partial charge in [-0.05, 0) is 19.8 Å². The summed E-state index contributed by atoms with van der Waals surface area (Å²) in [6, 6.07) is 0. The number of ether oxygens (including phenoxy) is 1. The van der Waals surface area contributed by atoms with Crippen LogP contribution in [-0.2, 0) is 23.0 Å². The molecule has 6 heteroatoms. The minimum Gasteiger partial charge on any atom is -0.465 e. The molecule has 0 saturated heterocycles. The second-order valence-electron chi connectivity index (χ2n) is 4.57. The molecule has 2 aromatic rings. The molecule has 0 amide bonds. The summed E-state index contributed by atoms with van der Waals surface area (Å²) in [6.45, 7) is 2.25. The average molecular weight is 277 g/mol. The van der Waals surface area contributed by atoms with Crippen LogP contribution in [0.2, 0.25) is 0 Å². The number of esters is 1. The molecule has 0 spiro atoms. The number of rotatable bonds is 3. The van der Waals surface area contributed by atoms with Crippen LogP contribution in [0.4, 0.5) is 0 Å². The number of aromatic nitrogens is 3. The Bertz CT molecular complexity index is 617. The van der Waals surface area contributed by atoms with Gasteiger partial charge in [-0.25, -0.2) is 4.98 Å². The lowest BCUT2D eigenvalue weighted by Gasteiger charge is -2.07. The maximum Gasteiger partial charge on any atom is 0.315 e. The Morgan fingerprint density at radius 1 is 1.63 bits per heavy atom. The minimum absolute atomic E-state index is 0.149. The lowest BCUT2D eigenvalue weighted by molar-refractivity contribution is -0.145. The monoisotopic (exact) mass is 277 g/mol. The number of thiazole rings is 1. The summed E-state index contributed by atoms with van der Waals surface area (Å²) in [5.41, 5.74) is 1.91. The van der Waals surface area contributed by atoms with Crippen molar-refractivity contribution in [1.29, 1.82) is 0 Å². The molecule has 1 atom stereocenters. The fourth-order valence-electron chi connectivity index (χ4n) is 2.35. The topological polar surface area (TPSA) is 57.0 Å². The van der Waals surface area contributed by atoms with Crippen molar-refractivity contribution >= 4 is 17.3 Å². The van der Waals surface area contributed by atoms with Crippen molar-refractivity contribution in [2.45, 2.75) is 25.7 Å². The zero-order chi connectivity index (χ0) is 13.4. The molecule has 2 aromatic heterocycles. The predicted molar refractivity (Wildman–Crippen MR) is 72.0 cm³/mol. The summed E-state index contributed by atoms with van der Waals surface area (Å²) < 4.78 is 6.87. The van der Waals surface area contributed by atoms with E-state index in [9.17, 15) is 4.79 Å². The van der Waals surface area contributed by atoms with Crippen LogP contribution in [0, 0.1) is 0 Å². The maximum absolute atomic E-state index is 11.9. The van der Waals surface area contributed by atoms with Crippen LogP contribution < -0.4 is 0 Å². The molecule has 100 valence electrons. The quantitative estimate of drug-likeness (QED) is 0.807. The lowest BCUT2D eigenvalue weighted by Crippen LogP contribution is -2.14. The van der Waals surface area contributed by atoms with Gasteiger partial charge in [0.15, 0.2) is 0 Å². The molecule has 19 heavy (non-hydrogen) atoms. The van der Waals surface area contributed by atoms with Crippen molar-refractivity contribution in [1.82, 2.24) is 14.8 Å². The molecule has 1 unspecified atom stereocenters. The number of fused-ring (bicyclic) bond motifs is 1. The number of carbonyl (C=O) groups is 1. The highest BCUT2D eigenvalue weighted by molar-refractivity contribution is 7.15. The first-order valence-electron chi connectivity index (χ1n) is 6.34. The highest BCUT2D eigenvalue weighted by atomic mass is 32.1. The van der Waals surface area contributed by atoms with Gasteiger partial charge in [-0.3, -0.25) is 9.48 Å². The highest BCUT2D eigenvalue weighted by Crippen LogP contribution is 2.40. The third-order valence-electron chi connectivity index (χ3n) is 3.24. The van der Waals surface area contributed by atoms with Crippen LogP contribution in [0.1, 0.15) is 29.8 Å². The largest absolute Gasteiger partial charge is 0.465 e. The maximum atomic E-state index is 11.9. The van der Waals surface area contributed by atoms with Crippen LogP contribution in [0.5, 0.6) is 0 Å². The van der Waals surface area contributed by atoms with E-state index >= 15 is 0 Å². The van der Waals surface area contributed by atoms with E-state index in [1.165, 1.54) is 4.88 Å². The number of carbonyl (C=O) groups excluding carboxylic acids is 1. The van der Waals surface area contributed by atoms with Gasteiger partial charge in [-0.2, -0.15) is 5.10 Å². The zero-order valence-corrected chi connectivity index (χ0v) is 11.7. The van der Waals surface area contributed by atoms with Crippen molar-refractivity contribution in [2.75, 3.05) is 6.61 Å². The molecule has 5 nitrogen and oxygen atoms in total. The summed E-state index contributed by atoms with van der Waals surface area (Å²) in [5, 5.41) is 5.09. The van der Waals surface area contributed by atoms with E-state index in [1.54, 1.807) is 22.2 Å². The lowest BCUT2D eigenvalue weighted by atomic mass is 10.1. The van der Waals surface area contributed by atoms with E-state index < -0.39 is 0 Å². The third kappa shape index (κ3) is 2.16. The van der Waals surface area contributed by atoms with E-state index in [0.29, 0.717) is 6.61 Å². The zero-order valence-electron chi connectivity index (χ0n) is 10.9. The van der Waals surface area contributed by atoms with Gasteiger partial charge in [0.2, 0.25) is 0 Å². The summed E-state index contributed by atoms with van der Waals surface area (Å²) in [6.07, 6.45) is 5.47. The SMILES string of the molecule is CCOC(=O)C1CCc2sc(-c3cnn(C)c3)nc21. The van der Waals surface area contributed by atoms with Crippen LogP contribution in [-0.4, -0.2) is 27.3 Å². The van der Waals surface area contributed by atoms with Crippen LogP contribution >= 0.6 is 11.3 Å². The normalized spacial score (nSPS) is 17.5. The molecule has 2 heterocycles. The summed E-state index contributed by atoms with van der Waals surface area (Å²) in [5.74, 6) is -0.332. The average Bonchev–Trinajstić information content (AvgIpc) is 3.02. The molecule has 0 bridgehead atoms. The van der Waals surface area contributed by atoms with Crippen molar-refractivity contribution in [3.05, 3.63) is 23.0 Å². The molecular formula is C13H15N3O2S. The van der Waals surface area contributed by atoms with Crippen LogP contribution in [0.25, 0.3) is 10.6 Å². The van der Waals surface area contributed by atoms with Gasteiger partial charge in [0.1, 0.15) is 10.9 Å². The predicted octanol–water partition coefficient (Wildman–Crippen LogP) is 2.14. The third-order valence-corrected chi connectivity index (χ3v) is 4.42. The smallest absolute Gasteiger partial charge is 0.315 e. The van der Waals surface area contributed by atoms with Gasteiger partial charge >= 0.3 is 5.97 Å². The van der Waals surface area contributed by atoms with Gasteiger partial charge in [-0.15, -0.1) is 11.3 Å². The summed E-state index contributed by atoms with van der Waals surface area (Å²) in [4.78, 5) is 17.7. The Balaban J connectivity index is 1.90. The second kappa shape index (κ2) is 4.77. The molecule has 0 radical (unpaired) electrons. The van der Waals surface area contributed by atoms with E-state index in [1.807, 2.05) is 20.2 Å². The standard InChI is InChI=1S/C13H15N3O2S/c1-3-18-13(17)9-4-5-10-11(9)15-12(19-10)8-6-14-16(2)7-8/h6-7,9H,3-5H2,1-2H3. The van der Waals surface area contributed by atoms with Crippen molar-refractivity contribution in [3.63, 3.8) is 0 Å². The Hall–Kier alpha value is -1.69. The van der Waals surface area contributed by atoms with Crippen LogP contribution in [0.15, 0.2) is 12.4 Å². The van der Waals surface area contributed by atoms with Gasteiger partial charge in [0, 0.05) is 23.7 Å². The molecule has 0 aromatic carbocycles. The number of hydrogen-bond donors (Lipinski definition) is 0. The molecule has 0 fully saturated rings. The fourth-order valence-corrected chi connectivity index (χ4v) is 3.47. The van der Waals surface area contributed by atoms with Gasteiger partial charge in [0.25, 0.3) is 0 Å². The number of nitrogens with zero attached hydrogens (tertiary/aromatic N) is 3. The van der Waals surface area contributed by atoms with Crippen molar-refractivity contribution in [3.8, 4) is 10.6 Å². The van der Waals surface area contributed by atoms with Crippen molar-refractivity contribution < 1.29 is 9.53 Å². The van der Waals surface area contributed by atoms with Crippen LogP contribution in [0.3, 0.4) is 0 Å². The van der Waals surface area contributed by atoms with E-state index in [0.717, 1.165) is 29.1 Å². The first-order chi connectivity index (χ1) is 9.19. The van der Waals surface area contributed by atoms with E-state index in [-0.39, 0.29) is 11.9 Å². The van der Waals surface area contributed by atoms with Gasteiger partial charge in [-0.1, -0.05) is 0 Å². The Kier molecular flexibility index (Phi) is 3.10. The van der Waals surface area contributed by atoms with Gasteiger partial charge in [0.05, 0.1) is 18.5 Å². The molecule has 0 N–H and O–H groups in total. The number of hydrogen-bond acceptors (Lipinski definition) is 5. The molecule has 3 rings (SSSR count). The molecule has 1 aliphatic rings. The molecular weight excluding hydrogens is 262 g/mol. The molecule has 1 aliphatic carbocycles. The fraction of sp³-hybridized carbons (Fsp3) is 0.462. The highest BCUT2D eigenvalue weighted by Gasteiger charge is 2.33. The minimum atomic E-state index is -0.184.